The van der Waals surface area contributed by atoms with Crippen molar-refractivity contribution in [2.24, 2.45) is 5.41 Å². The third-order valence-corrected chi connectivity index (χ3v) is 5.27. The fourth-order valence-corrected chi connectivity index (χ4v) is 3.89. The van der Waals surface area contributed by atoms with E-state index in [0.29, 0.717) is 18.4 Å². The lowest BCUT2D eigenvalue weighted by molar-refractivity contribution is -0.156. The third-order valence-electron chi connectivity index (χ3n) is 5.27. The zero-order valence-corrected chi connectivity index (χ0v) is 13.0. The summed E-state index contributed by atoms with van der Waals surface area (Å²) in [7, 11) is 0. The number of benzene rings is 1. The molecule has 3 rings (SSSR count). The number of aryl methyl sites for hydroxylation is 1. The lowest BCUT2D eigenvalue weighted by Gasteiger charge is -2.31. The van der Waals surface area contributed by atoms with Gasteiger partial charge in [-0.2, -0.15) is 0 Å². The number of amides is 1. The molecule has 0 saturated carbocycles. The van der Waals surface area contributed by atoms with Crippen molar-refractivity contribution in [3.63, 3.8) is 0 Å². The zero-order chi connectivity index (χ0) is 16.3. The monoisotopic (exact) mass is 311 g/mol. The molecule has 1 aromatic carbocycles. The Morgan fingerprint density at radius 2 is 1.95 bits per heavy atom. The molecule has 2 heterocycles. The largest absolute Gasteiger partial charge is 0.332 e. The van der Waals surface area contributed by atoms with Gasteiger partial charge in [0.25, 0.3) is 5.92 Å². The zero-order valence-electron chi connectivity index (χ0n) is 13.0. The summed E-state index contributed by atoms with van der Waals surface area (Å²) in [4.78, 5) is 14.2. The van der Waals surface area contributed by atoms with Crippen molar-refractivity contribution in [2.75, 3.05) is 0 Å². The van der Waals surface area contributed by atoms with Gasteiger partial charge in [-0.05, 0) is 56.4 Å². The van der Waals surface area contributed by atoms with Crippen LogP contribution in [-0.2, 0) is 4.79 Å². The highest BCUT2D eigenvalue weighted by Crippen LogP contribution is 2.54. The lowest BCUT2D eigenvalue weighted by atomic mass is 9.80. The molecule has 5 heteroatoms. The van der Waals surface area contributed by atoms with E-state index in [1.54, 1.807) is 11.8 Å². The van der Waals surface area contributed by atoms with Crippen LogP contribution in [0.4, 0.5) is 13.2 Å². The highest BCUT2D eigenvalue weighted by atomic mass is 19.3. The maximum absolute atomic E-state index is 13.9. The van der Waals surface area contributed by atoms with Gasteiger partial charge >= 0.3 is 0 Å². The summed E-state index contributed by atoms with van der Waals surface area (Å²) < 4.78 is 41.5. The molecule has 0 bridgehead atoms. The van der Waals surface area contributed by atoms with E-state index in [9.17, 15) is 18.0 Å². The van der Waals surface area contributed by atoms with Gasteiger partial charge in [-0.25, -0.2) is 13.2 Å². The Bertz CT molecular complexity index is 605. The van der Waals surface area contributed by atoms with Gasteiger partial charge in [0.05, 0.1) is 6.04 Å². The summed E-state index contributed by atoms with van der Waals surface area (Å²) in [6, 6.07) is 4.20. The summed E-state index contributed by atoms with van der Waals surface area (Å²) in [5.74, 6) is -3.92. The van der Waals surface area contributed by atoms with E-state index in [1.807, 2.05) is 6.07 Å². The smallest absolute Gasteiger partial charge is 0.259 e. The fraction of sp³-hybridized carbons (Fsp3) is 0.588. The van der Waals surface area contributed by atoms with Crippen LogP contribution in [0.3, 0.4) is 0 Å². The van der Waals surface area contributed by atoms with E-state index in [4.69, 9.17) is 0 Å². The van der Waals surface area contributed by atoms with Crippen molar-refractivity contribution < 1.29 is 18.0 Å². The standard InChI is InChI=1S/C17H20F3NO/c1-10-6-11(8-12(18)7-10)14-5-4-13-9-16(2,17(3,19)20)15(22)21(13)14/h6-8,13-14H,4-5,9H2,1-3H3/t13-,14-,16-/m1/s1. The van der Waals surface area contributed by atoms with Crippen LogP contribution in [0.15, 0.2) is 18.2 Å². The highest BCUT2D eigenvalue weighted by Gasteiger charge is 2.62. The Morgan fingerprint density at radius 3 is 2.55 bits per heavy atom. The number of carbonyl (C=O) groups excluding carboxylic acids is 1. The number of halogens is 3. The average Bonchev–Trinajstić information content (AvgIpc) is 2.88. The van der Waals surface area contributed by atoms with Gasteiger partial charge in [0, 0.05) is 13.0 Å². The average molecular weight is 311 g/mol. The Labute approximate surface area is 128 Å². The molecule has 1 amide bonds. The second kappa shape index (κ2) is 4.74. The lowest BCUT2D eigenvalue weighted by Crippen LogP contribution is -2.44. The first kappa shape index (κ1) is 15.4. The van der Waals surface area contributed by atoms with Crippen LogP contribution in [0.1, 0.15) is 50.3 Å². The Hall–Kier alpha value is -1.52. The van der Waals surface area contributed by atoms with E-state index < -0.39 is 17.2 Å². The minimum absolute atomic E-state index is 0.167. The van der Waals surface area contributed by atoms with Crippen LogP contribution in [0, 0.1) is 18.2 Å². The van der Waals surface area contributed by atoms with Crippen LogP contribution in [0.5, 0.6) is 0 Å². The van der Waals surface area contributed by atoms with E-state index in [-0.39, 0.29) is 24.3 Å². The van der Waals surface area contributed by atoms with Crippen LogP contribution in [-0.4, -0.2) is 22.8 Å². The molecule has 2 nitrogen and oxygen atoms in total. The highest BCUT2D eigenvalue weighted by molar-refractivity contribution is 5.87. The van der Waals surface area contributed by atoms with E-state index >= 15 is 0 Å². The van der Waals surface area contributed by atoms with Crippen LogP contribution in [0.2, 0.25) is 0 Å². The molecule has 2 aliphatic rings. The number of fused-ring (bicyclic) bond motifs is 1. The van der Waals surface area contributed by atoms with Crippen molar-refractivity contribution in [3.05, 3.63) is 35.1 Å². The summed E-state index contributed by atoms with van der Waals surface area (Å²) in [5, 5.41) is 0. The molecule has 22 heavy (non-hydrogen) atoms. The maximum atomic E-state index is 13.9. The van der Waals surface area contributed by atoms with Crippen LogP contribution >= 0.6 is 0 Å². The van der Waals surface area contributed by atoms with Gasteiger partial charge in [-0.1, -0.05) is 6.07 Å². The van der Waals surface area contributed by atoms with Crippen molar-refractivity contribution in [1.29, 1.82) is 0 Å². The predicted octanol–water partition coefficient (Wildman–Crippen LogP) is 4.23. The second-order valence-corrected chi connectivity index (χ2v) is 6.95. The number of alkyl halides is 2. The topological polar surface area (TPSA) is 20.3 Å². The summed E-state index contributed by atoms with van der Waals surface area (Å²) in [5.41, 5.74) is -0.177. The first-order valence-electron chi connectivity index (χ1n) is 7.61. The maximum Gasteiger partial charge on any atom is 0.259 e. The molecule has 0 aliphatic carbocycles. The Morgan fingerprint density at radius 1 is 1.27 bits per heavy atom. The number of hydrogen-bond acceptors (Lipinski definition) is 1. The normalized spacial score (nSPS) is 31.7. The molecule has 0 spiro atoms. The number of rotatable bonds is 2. The Balaban J connectivity index is 1.97. The van der Waals surface area contributed by atoms with Gasteiger partial charge in [0.2, 0.25) is 5.91 Å². The van der Waals surface area contributed by atoms with Crippen molar-refractivity contribution in [2.45, 2.75) is 58.0 Å². The van der Waals surface area contributed by atoms with Crippen LogP contribution in [0.25, 0.3) is 0 Å². The van der Waals surface area contributed by atoms with E-state index in [2.05, 4.69) is 0 Å². The van der Waals surface area contributed by atoms with Crippen molar-refractivity contribution in [1.82, 2.24) is 4.90 Å². The fourth-order valence-electron chi connectivity index (χ4n) is 3.89. The molecule has 0 unspecified atom stereocenters. The summed E-state index contributed by atoms with van der Waals surface area (Å²) >= 11 is 0. The molecule has 2 aliphatic heterocycles. The first-order chi connectivity index (χ1) is 10.1. The van der Waals surface area contributed by atoms with Crippen LogP contribution < -0.4 is 0 Å². The van der Waals surface area contributed by atoms with Gasteiger partial charge in [0.1, 0.15) is 11.2 Å². The molecule has 0 N–H and O–H groups in total. The van der Waals surface area contributed by atoms with Gasteiger partial charge in [-0.3, -0.25) is 4.79 Å². The molecule has 120 valence electrons. The summed E-state index contributed by atoms with van der Waals surface area (Å²) in [6.45, 7) is 3.95. The molecule has 0 radical (unpaired) electrons. The van der Waals surface area contributed by atoms with Gasteiger partial charge in [0.15, 0.2) is 0 Å². The van der Waals surface area contributed by atoms with E-state index in [0.717, 1.165) is 12.5 Å². The van der Waals surface area contributed by atoms with Gasteiger partial charge in [-0.15, -0.1) is 0 Å². The molecular formula is C17H20F3NO. The number of nitrogens with zero attached hydrogens (tertiary/aromatic N) is 1. The van der Waals surface area contributed by atoms with Crippen molar-refractivity contribution >= 4 is 5.91 Å². The Kier molecular flexibility index (Phi) is 3.31. The molecule has 1 aromatic rings. The molecule has 2 saturated heterocycles. The molecule has 3 atom stereocenters. The third kappa shape index (κ3) is 2.13. The van der Waals surface area contributed by atoms with Crippen molar-refractivity contribution in [3.8, 4) is 0 Å². The minimum Gasteiger partial charge on any atom is -0.332 e. The molecule has 2 fully saturated rings. The quantitative estimate of drug-likeness (QED) is 0.800. The summed E-state index contributed by atoms with van der Waals surface area (Å²) in [6.07, 6.45) is 1.56. The van der Waals surface area contributed by atoms with Gasteiger partial charge < -0.3 is 4.90 Å². The molecular weight excluding hydrogens is 291 g/mol. The first-order valence-corrected chi connectivity index (χ1v) is 7.61. The second-order valence-electron chi connectivity index (χ2n) is 6.95. The SMILES string of the molecule is Cc1cc(F)cc([C@H]2CC[C@@H]3C[C@@](C)(C(C)(F)F)C(=O)N32)c1. The minimum atomic E-state index is -3.06. The number of carbonyl (C=O) groups is 1. The van der Waals surface area contributed by atoms with E-state index in [1.165, 1.54) is 19.1 Å². The molecule has 0 aromatic heterocycles. The number of hydrogen-bond donors (Lipinski definition) is 0. The predicted molar refractivity (Wildman–Crippen MR) is 77.1 cm³/mol.